The van der Waals surface area contributed by atoms with Gasteiger partial charge in [0.25, 0.3) is 0 Å². The molecule has 138 valence electrons. The van der Waals surface area contributed by atoms with E-state index in [0.717, 1.165) is 18.4 Å². The Labute approximate surface area is 156 Å². The molecule has 0 bridgehead atoms. The maximum absolute atomic E-state index is 13.2. The zero-order chi connectivity index (χ0) is 18.7. The highest BCUT2D eigenvalue weighted by molar-refractivity contribution is 6.33. The summed E-state index contributed by atoms with van der Waals surface area (Å²) >= 11 is 6.01. The number of nitrogens with zero attached hydrogens (tertiary/aromatic N) is 1. The second kappa shape index (κ2) is 7.83. The number of amides is 2. The summed E-state index contributed by atoms with van der Waals surface area (Å²) < 4.78 is 24.0. The quantitative estimate of drug-likeness (QED) is 0.826. The van der Waals surface area contributed by atoms with Crippen LogP contribution in [0, 0.1) is 5.82 Å². The highest BCUT2D eigenvalue weighted by Crippen LogP contribution is 2.39. The van der Waals surface area contributed by atoms with Crippen LogP contribution in [-0.4, -0.2) is 31.7 Å². The molecule has 3 rings (SSSR count). The van der Waals surface area contributed by atoms with Gasteiger partial charge < -0.3 is 19.7 Å². The summed E-state index contributed by atoms with van der Waals surface area (Å²) in [6.45, 7) is 0.607. The number of hydrogen-bond donors (Lipinski definition) is 1. The number of halogens is 2. The molecule has 2 aromatic rings. The number of urea groups is 1. The zero-order valence-corrected chi connectivity index (χ0v) is 15.3. The largest absolute Gasteiger partial charge is 0.497 e. The van der Waals surface area contributed by atoms with Crippen LogP contribution in [0.15, 0.2) is 36.4 Å². The molecule has 7 heteroatoms. The fourth-order valence-electron chi connectivity index (χ4n) is 3.21. The summed E-state index contributed by atoms with van der Waals surface area (Å²) in [5, 5.41) is 2.92. The van der Waals surface area contributed by atoms with E-state index >= 15 is 0 Å². The number of carbonyl (C=O) groups excluding carboxylic acids is 1. The lowest BCUT2D eigenvalue weighted by Gasteiger charge is -2.27. The normalized spacial score (nSPS) is 16.5. The molecule has 1 fully saturated rings. The lowest BCUT2D eigenvalue weighted by Crippen LogP contribution is -2.34. The molecule has 2 aromatic carbocycles. The van der Waals surface area contributed by atoms with Crippen molar-refractivity contribution in [2.75, 3.05) is 26.1 Å². The van der Waals surface area contributed by atoms with E-state index < -0.39 is 5.82 Å². The van der Waals surface area contributed by atoms with Crippen LogP contribution < -0.4 is 14.8 Å². The smallest absolute Gasteiger partial charge is 0.322 e. The number of nitrogens with one attached hydrogen (secondary N) is 1. The highest BCUT2D eigenvalue weighted by Gasteiger charge is 2.32. The molecule has 26 heavy (non-hydrogen) atoms. The third kappa shape index (κ3) is 3.70. The molecule has 0 aliphatic carbocycles. The van der Waals surface area contributed by atoms with Crippen molar-refractivity contribution in [1.29, 1.82) is 0 Å². The van der Waals surface area contributed by atoms with Crippen molar-refractivity contribution in [3.63, 3.8) is 0 Å². The van der Waals surface area contributed by atoms with Crippen molar-refractivity contribution >= 4 is 23.3 Å². The van der Waals surface area contributed by atoms with Gasteiger partial charge in [-0.25, -0.2) is 9.18 Å². The number of methoxy groups -OCH3 is 2. The predicted octanol–water partition coefficient (Wildman–Crippen LogP) is 4.87. The molecule has 1 unspecified atom stereocenters. The standard InChI is InChI=1S/C19H20ClFN2O3/c1-25-13-6-8-18(26-2)14(11-13)17-4-3-9-23(17)19(24)22-16-7-5-12(21)10-15(16)20/h5-8,10-11,17H,3-4,9H2,1-2H3,(H,22,24). The Morgan fingerprint density at radius 2 is 2.04 bits per heavy atom. The highest BCUT2D eigenvalue weighted by atomic mass is 35.5. The van der Waals surface area contributed by atoms with Crippen LogP contribution in [0.25, 0.3) is 0 Å². The van der Waals surface area contributed by atoms with Gasteiger partial charge in [-0.1, -0.05) is 11.6 Å². The molecule has 1 N–H and O–H groups in total. The number of carbonyl (C=O) groups is 1. The van der Waals surface area contributed by atoms with Crippen LogP contribution in [0.1, 0.15) is 24.4 Å². The second-order valence-corrected chi connectivity index (χ2v) is 6.42. The molecule has 1 aliphatic heterocycles. The van der Waals surface area contributed by atoms with Gasteiger partial charge in [-0.2, -0.15) is 0 Å². The topological polar surface area (TPSA) is 50.8 Å². The van der Waals surface area contributed by atoms with E-state index in [0.29, 0.717) is 23.7 Å². The Kier molecular flexibility index (Phi) is 5.52. The summed E-state index contributed by atoms with van der Waals surface area (Å²) in [6, 6.07) is 8.99. The van der Waals surface area contributed by atoms with Gasteiger partial charge in [0.1, 0.15) is 17.3 Å². The molecule has 5 nitrogen and oxygen atoms in total. The minimum absolute atomic E-state index is 0.140. The van der Waals surface area contributed by atoms with Crippen LogP contribution in [0.4, 0.5) is 14.9 Å². The Morgan fingerprint density at radius 1 is 1.23 bits per heavy atom. The summed E-state index contributed by atoms with van der Waals surface area (Å²) in [7, 11) is 3.20. The predicted molar refractivity (Wildman–Crippen MR) is 98.7 cm³/mol. The Hall–Kier alpha value is -2.47. The van der Waals surface area contributed by atoms with Crippen molar-refractivity contribution in [3.8, 4) is 11.5 Å². The minimum Gasteiger partial charge on any atom is -0.497 e. The molecule has 0 radical (unpaired) electrons. The third-order valence-electron chi connectivity index (χ3n) is 4.48. The van der Waals surface area contributed by atoms with E-state index in [1.54, 1.807) is 19.1 Å². The van der Waals surface area contributed by atoms with Gasteiger partial charge in [-0.05, 0) is 49.2 Å². The van der Waals surface area contributed by atoms with Gasteiger partial charge >= 0.3 is 6.03 Å². The average molecular weight is 379 g/mol. The number of hydrogen-bond acceptors (Lipinski definition) is 3. The van der Waals surface area contributed by atoms with Gasteiger partial charge in [0.2, 0.25) is 0 Å². The van der Waals surface area contributed by atoms with E-state index in [1.807, 2.05) is 18.2 Å². The van der Waals surface area contributed by atoms with Crippen molar-refractivity contribution < 1.29 is 18.7 Å². The van der Waals surface area contributed by atoms with Crippen LogP contribution in [0.5, 0.6) is 11.5 Å². The lowest BCUT2D eigenvalue weighted by molar-refractivity contribution is 0.206. The van der Waals surface area contributed by atoms with Gasteiger partial charge in [0.05, 0.1) is 31.0 Å². The van der Waals surface area contributed by atoms with Crippen LogP contribution in [0.3, 0.4) is 0 Å². The molecular weight excluding hydrogens is 359 g/mol. The number of likely N-dealkylation sites (tertiary alicyclic amines) is 1. The first-order valence-electron chi connectivity index (χ1n) is 8.28. The SMILES string of the molecule is COc1ccc(OC)c(C2CCCN2C(=O)Nc2ccc(F)cc2Cl)c1. The number of benzene rings is 2. The monoisotopic (exact) mass is 378 g/mol. The average Bonchev–Trinajstić information content (AvgIpc) is 3.13. The second-order valence-electron chi connectivity index (χ2n) is 6.01. The molecule has 0 spiro atoms. The zero-order valence-electron chi connectivity index (χ0n) is 14.6. The van der Waals surface area contributed by atoms with E-state index in [1.165, 1.54) is 18.2 Å². The summed E-state index contributed by atoms with van der Waals surface area (Å²) in [5.74, 6) is 0.957. The molecule has 1 saturated heterocycles. The Balaban J connectivity index is 1.85. The first kappa shape index (κ1) is 18.3. The van der Waals surface area contributed by atoms with E-state index in [2.05, 4.69) is 5.32 Å². The molecule has 0 saturated carbocycles. The van der Waals surface area contributed by atoms with Gasteiger partial charge in [-0.3, -0.25) is 0 Å². The first-order valence-corrected chi connectivity index (χ1v) is 8.66. The molecule has 1 aliphatic rings. The maximum Gasteiger partial charge on any atom is 0.322 e. The number of anilines is 1. The van der Waals surface area contributed by atoms with E-state index in [4.69, 9.17) is 21.1 Å². The lowest BCUT2D eigenvalue weighted by atomic mass is 10.0. The van der Waals surface area contributed by atoms with Crippen LogP contribution in [-0.2, 0) is 0 Å². The number of ether oxygens (including phenoxy) is 2. The van der Waals surface area contributed by atoms with Crippen LogP contribution in [0.2, 0.25) is 5.02 Å². The third-order valence-corrected chi connectivity index (χ3v) is 4.79. The molecule has 1 heterocycles. The molecule has 0 aromatic heterocycles. The summed E-state index contributed by atoms with van der Waals surface area (Å²) in [5.41, 5.74) is 1.27. The fraction of sp³-hybridized carbons (Fsp3) is 0.316. The number of rotatable bonds is 4. The van der Waals surface area contributed by atoms with E-state index in [9.17, 15) is 9.18 Å². The van der Waals surface area contributed by atoms with Crippen molar-refractivity contribution in [3.05, 3.63) is 52.8 Å². The van der Waals surface area contributed by atoms with E-state index in [-0.39, 0.29) is 17.1 Å². The molecular formula is C19H20ClFN2O3. The maximum atomic E-state index is 13.2. The first-order chi connectivity index (χ1) is 12.5. The summed E-state index contributed by atoms with van der Waals surface area (Å²) in [4.78, 5) is 14.5. The van der Waals surface area contributed by atoms with Crippen molar-refractivity contribution in [1.82, 2.24) is 4.90 Å². The van der Waals surface area contributed by atoms with Gasteiger partial charge in [0.15, 0.2) is 0 Å². The molecule has 2 amide bonds. The summed E-state index contributed by atoms with van der Waals surface area (Å²) in [6.07, 6.45) is 1.68. The molecule has 1 atom stereocenters. The van der Waals surface area contributed by atoms with Crippen LogP contribution >= 0.6 is 11.6 Å². The Morgan fingerprint density at radius 3 is 2.73 bits per heavy atom. The van der Waals surface area contributed by atoms with Crippen molar-refractivity contribution in [2.24, 2.45) is 0 Å². The van der Waals surface area contributed by atoms with Gasteiger partial charge in [0, 0.05) is 12.1 Å². The minimum atomic E-state index is -0.451. The van der Waals surface area contributed by atoms with Gasteiger partial charge in [-0.15, -0.1) is 0 Å². The fourth-order valence-corrected chi connectivity index (χ4v) is 3.43. The Bertz CT molecular complexity index is 815. The van der Waals surface area contributed by atoms with Crippen molar-refractivity contribution in [2.45, 2.75) is 18.9 Å².